The zero-order chi connectivity index (χ0) is 16.0. The van der Waals surface area contributed by atoms with Crippen LogP contribution in [0.3, 0.4) is 0 Å². The normalized spacial score (nSPS) is 11.3. The van der Waals surface area contributed by atoms with Crippen molar-refractivity contribution in [3.63, 3.8) is 0 Å². The Bertz CT molecular complexity index is 787. The molecule has 22 heavy (non-hydrogen) atoms. The number of rotatable bonds is 5. The summed E-state index contributed by atoms with van der Waals surface area (Å²) < 4.78 is 25.0. The zero-order valence-electron chi connectivity index (χ0n) is 11.9. The Morgan fingerprint density at radius 1 is 1.14 bits per heavy atom. The van der Waals surface area contributed by atoms with Crippen LogP contribution in [0.2, 0.25) is 0 Å². The fraction of sp³-hybridized carbons (Fsp3) is 0.0667. The number of carbonyl (C=O) groups is 1. The van der Waals surface area contributed by atoms with Gasteiger partial charge in [0.1, 0.15) is 0 Å². The number of pyridine rings is 1. The lowest BCUT2D eigenvalue weighted by Gasteiger charge is -2.10. The van der Waals surface area contributed by atoms with Gasteiger partial charge in [-0.15, -0.1) is 0 Å². The fourth-order valence-electron chi connectivity index (χ4n) is 1.70. The van der Waals surface area contributed by atoms with Crippen molar-refractivity contribution in [3.8, 4) is 0 Å². The van der Waals surface area contributed by atoms with Crippen molar-refractivity contribution in [2.45, 2.75) is 0 Å². The summed E-state index contributed by atoms with van der Waals surface area (Å²) in [5, 5.41) is 2.63. The second kappa shape index (κ2) is 6.86. The Labute approximate surface area is 129 Å². The van der Waals surface area contributed by atoms with E-state index in [4.69, 9.17) is 0 Å². The number of sulfonamides is 1. The van der Waals surface area contributed by atoms with Gasteiger partial charge in [0, 0.05) is 18.5 Å². The molecular weight excluding hydrogens is 302 g/mol. The molecule has 2 N–H and O–H groups in total. The molecule has 0 atom stereocenters. The summed E-state index contributed by atoms with van der Waals surface area (Å²) in [6.07, 6.45) is 7.30. The standard InChI is InChI=1S/C15H15N3O3S/c1-22(20,21)18-14-7-3-2-6-13(14)17-15(19)9-8-12-5-4-10-16-11-12/h2-11,18H,1H3,(H,17,19)/b9-8+. The van der Waals surface area contributed by atoms with E-state index in [0.29, 0.717) is 11.4 Å². The minimum Gasteiger partial charge on any atom is -0.321 e. The largest absolute Gasteiger partial charge is 0.321 e. The first-order valence-corrected chi connectivity index (χ1v) is 8.29. The maximum atomic E-state index is 11.9. The summed E-state index contributed by atoms with van der Waals surface area (Å²) in [5.74, 6) is -0.369. The number of anilines is 2. The van der Waals surface area contributed by atoms with Crippen LogP contribution in [-0.4, -0.2) is 25.6 Å². The van der Waals surface area contributed by atoms with Gasteiger partial charge in [-0.25, -0.2) is 8.42 Å². The van der Waals surface area contributed by atoms with Crippen molar-refractivity contribution in [1.29, 1.82) is 0 Å². The highest BCUT2D eigenvalue weighted by atomic mass is 32.2. The highest BCUT2D eigenvalue weighted by Gasteiger charge is 2.08. The van der Waals surface area contributed by atoms with E-state index in [-0.39, 0.29) is 5.91 Å². The van der Waals surface area contributed by atoms with E-state index in [1.807, 2.05) is 6.07 Å². The number of nitrogens with zero attached hydrogens (tertiary/aromatic N) is 1. The molecule has 0 saturated heterocycles. The molecule has 114 valence electrons. The zero-order valence-corrected chi connectivity index (χ0v) is 12.7. The summed E-state index contributed by atoms with van der Waals surface area (Å²) in [6.45, 7) is 0. The molecule has 0 spiro atoms. The molecule has 0 radical (unpaired) electrons. The number of nitrogens with one attached hydrogen (secondary N) is 2. The monoisotopic (exact) mass is 317 g/mol. The molecule has 2 rings (SSSR count). The minimum absolute atomic E-state index is 0.313. The number of benzene rings is 1. The van der Waals surface area contributed by atoms with Gasteiger partial charge in [-0.2, -0.15) is 0 Å². The van der Waals surface area contributed by atoms with Crippen LogP contribution < -0.4 is 10.0 Å². The van der Waals surface area contributed by atoms with Crippen molar-refractivity contribution in [2.75, 3.05) is 16.3 Å². The lowest BCUT2D eigenvalue weighted by atomic mass is 10.2. The first-order valence-electron chi connectivity index (χ1n) is 6.40. The van der Waals surface area contributed by atoms with Gasteiger partial charge < -0.3 is 5.32 Å². The number of hydrogen-bond acceptors (Lipinski definition) is 4. The van der Waals surface area contributed by atoms with Gasteiger partial charge in [-0.1, -0.05) is 18.2 Å². The van der Waals surface area contributed by atoms with E-state index in [2.05, 4.69) is 15.0 Å². The summed E-state index contributed by atoms with van der Waals surface area (Å²) >= 11 is 0. The van der Waals surface area contributed by atoms with E-state index < -0.39 is 10.0 Å². The first kappa shape index (κ1) is 15.7. The first-order chi connectivity index (χ1) is 10.4. The van der Waals surface area contributed by atoms with Crippen molar-refractivity contribution in [3.05, 3.63) is 60.4 Å². The van der Waals surface area contributed by atoms with Gasteiger partial charge in [0.15, 0.2) is 0 Å². The lowest BCUT2D eigenvalue weighted by molar-refractivity contribution is -0.111. The minimum atomic E-state index is -3.42. The number of hydrogen-bond donors (Lipinski definition) is 2. The molecule has 0 bridgehead atoms. The second-order valence-electron chi connectivity index (χ2n) is 4.53. The molecule has 2 aromatic rings. The van der Waals surface area contributed by atoms with Crippen LogP contribution in [0, 0.1) is 0 Å². The summed E-state index contributed by atoms with van der Waals surface area (Å²) in [5.41, 5.74) is 1.49. The molecule has 6 nitrogen and oxygen atoms in total. The maximum Gasteiger partial charge on any atom is 0.248 e. The molecule has 0 saturated carbocycles. The smallest absolute Gasteiger partial charge is 0.248 e. The number of amides is 1. The van der Waals surface area contributed by atoms with Crippen molar-refractivity contribution < 1.29 is 13.2 Å². The molecule has 1 heterocycles. The predicted molar refractivity (Wildman–Crippen MR) is 86.8 cm³/mol. The van der Waals surface area contributed by atoms with Gasteiger partial charge >= 0.3 is 0 Å². The van der Waals surface area contributed by atoms with E-state index in [1.165, 1.54) is 6.08 Å². The SMILES string of the molecule is CS(=O)(=O)Nc1ccccc1NC(=O)/C=C/c1cccnc1. The van der Waals surface area contributed by atoms with E-state index in [1.54, 1.807) is 48.8 Å². The van der Waals surface area contributed by atoms with Crippen molar-refractivity contribution >= 4 is 33.4 Å². The molecule has 0 unspecified atom stereocenters. The Hall–Kier alpha value is -2.67. The molecule has 0 fully saturated rings. The Balaban J connectivity index is 2.10. The Morgan fingerprint density at radius 3 is 2.50 bits per heavy atom. The second-order valence-corrected chi connectivity index (χ2v) is 6.28. The molecule has 0 aliphatic rings. The average molecular weight is 317 g/mol. The summed E-state index contributed by atoms with van der Waals surface area (Å²) in [6, 6.07) is 10.1. The predicted octanol–water partition coefficient (Wildman–Crippen LogP) is 2.10. The number of para-hydroxylation sites is 2. The van der Waals surface area contributed by atoms with E-state index in [9.17, 15) is 13.2 Å². The van der Waals surface area contributed by atoms with Gasteiger partial charge in [0.05, 0.1) is 17.6 Å². The van der Waals surface area contributed by atoms with E-state index in [0.717, 1.165) is 11.8 Å². The molecule has 0 aliphatic heterocycles. The molecule has 0 aliphatic carbocycles. The molecule has 1 aromatic carbocycles. The number of carbonyl (C=O) groups excluding carboxylic acids is 1. The third-order valence-electron chi connectivity index (χ3n) is 2.59. The quantitative estimate of drug-likeness (QED) is 0.827. The third-order valence-corrected chi connectivity index (χ3v) is 3.18. The maximum absolute atomic E-state index is 11.9. The summed E-state index contributed by atoms with van der Waals surface area (Å²) in [7, 11) is -3.42. The lowest BCUT2D eigenvalue weighted by Crippen LogP contribution is -2.14. The molecule has 7 heteroatoms. The Kier molecular flexibility index (Phi) is 4.90. The van der Waals surface area contributed by atoms with Crippen LogP contribution in [0.5, 0.6) is 0 Å². The van der Waals surface area contributed by atoms with Crippen LogP contribution >= 0.6 is 0 Å². The van der Waals surface area contributed by atoms with Crippen LogP contribution in [0.1, 0.15) is 5.56 Å². The highest BCUT2D eigenvalue weighted by Crippen LogP contribution is 2.21. The average Bonchev–Trinajstić information content (AvgIpc) is 2.47. The van der Waals surface area contributed by atoms with E-state index >= 15 is 0 Å². The van der Waals surface area contributed by atoms with Crippen molar-refractivity contribution in [1.82, 2.24) is 4.98 Å². The van der Waals surface area contributed by atoms with Crippen LogP contribution in [0.25, 0.3) is 6.08 Å². The van der Waals surface area contributed by atoms with Crippen LogP contribution in [0.4, 0.5) is 11.4 Å². The van der Waals surface area contributed by atoms with Gasteiger partial charge in [-0.05, 0) is 29.8 Å². The van der Waals surface area contributed by atoms with Gasteiger partial charge in [0.25, 0.3) is 0 Å². The third kappa shape index (κ3) is 5.02. The van der Waals surface area contributed by atoms with Gasteiger partial charge in [0.2, 0.25) is 15.9 Å². The topological polar surface area (TPSA) is 88.2 Å². The summed E-state index contributed by atoms with van der Waals surface area (Å²) in [4.78, 5) is 15.8. The van der Waals surface area contributed by atoms with Crippen LogP contribution in [0.15, 0.2) is 54.9 Å². The van der Waals surface area contributed by atoms with Crippen molar-refractivity contribution in [2.24, 2.45) is 0 Å². The molecule has 1 aromatic heterocycles. The number of aromatic nitrogens is 1. The Morgan fingerprint density at radius 2 is 1.86 bits per heavy atom. The fourth-order valence-corrected chi connectivity index (χ4v) is 2.28. The van der Waals surface area contributed by atoms with Crippen LogP contribution in [-0.2, 0) is 14.8 Å². The van der Waals surface area contributed by atoms with Gasteiger partial charge in [-0.3, -0.25) is 14.5 Å². The molecular formula is C15H15N3O3S. The highest BCUT2D eigenvalue weighted by molar-refractivity contribution is 7.92. The molecule has 1 amide bonds.